The van der Waals surface area contributed by atoms with Gasteiger partial charge in [0, 0.05) is 11.9 Å². The second-order valence-electron chi connectivity index (χ2n) is 4.32. The number of carbonyl (C=O) groups is 1. The van der Waals surface area contributed by atoms with E-state index in [1.807, 2.05) is 26.1 Å². The highest BCUT2D eigenvalue weighted by molar-refractivity contribution is 5.85. The maximum Gasteiger partial charge on any atom is 0.342 e. The van der Waals surface area contributed by atoms with E-state index in [1.54, 1.807) is 0 Å². The summed E-state index contributed by atoms with van der Waals surface area (Å²) in [6.45, 7) is 5.44. The molecular formula is C10H15N2O2+. The van der Waals surface area contributed by atoms with Crippen molar-refractivity contribution >= 4 is 5.91 Å². The van der Waals surface area contributed by atoms with Gasteiger partial charge in [0.15, 0.2) is 0 Å². The second kappa shape index (κ2) is 2.93. The Balaban J connectivity index is 2.34. The Morgan fingerprint density at radius 2 is 2.36 bits per heavy atom. The molecule has 2 heterocycles. The summed E-state index contributed by atoms with van der Waals surface area (Å²) in [6.07, 6.45) is 1.86. The monoisotopic (exact) mass is 195 g/mol. The van der Waals surface area contributed by atoms with Crippen LogP contribution in [0.3, 0.4) is 0 Å². The number of carbonyl (C=O) groups excluding carboxylic acids is 1. The fraction of sp³-hybridized carbons (Fsp3) is 0.500. The van der Waals surface area contributed by atoms with Gasteiger partial charge in [-0.15, -0.1) is 0 Å². The molecule has 0 saturated heterocycles. The minimum Gasteiger partial charge on any atom is -0.368 e. The van der Waals surface area contributed by atoms with Crippen molar-refractivity contribution in [3.63, 3.8) is 0 Å². The summed E-state index contributed by atoms with van der Waals surface area (Å²) >= 11 is 0. The maximum absolute atomic E-state index is 11.1. The molecule has 0 spiro atoms. The summed E-state index contributed by atoms with van der Waals surface area (Å²) < 4.78 is 7.70. The van der Waals surface area contributed by atoms with Crippen LogP contribution in [0.2, 0.25) is 0 Å². The second-order valence-corrected chi connectivity index (χ2v) is 4.32. The third-order valence-electron chi connectivity index (χ3n) is 2.47. The smallest absolute Gasteiger partial charge is 0.342 e. The summed E-state index contributed by atoms with van der Waals surface area (Å²) in [5.74, 6) is -0.135. The van der Waals surface area contributed by atoms with Crippen molar-refractivity contribution in [2.24, 2.45) is 0 Å². The molecule has 1 aromatic rings. The van der Waals surface area contributed by atoms with Crippen molar-refractivity contribution < 1.29 is 15.3 Å². The van der Waals surface area contributed by atoms with Crippen LogP contribution in [0.5, 0.6) is 0 Å². The highest BCUT2D eigenvalue weighted by atomic mass is 16.5. The lowest BCUT2D eigenvalue weighted by molar-refractivity contribution is -0.255. The number of quaternary nitrogens is 1. The zero-order valence-corrected chi connectivity index (χ0v) is 8.54. The average molecular weight is 195 g/mol. The van der Waals surface area contributed by atoms with Gasteiger partial charge in [-0.3, -0.25) is 5.73 Å². The number of hydrogen-bond acceptors (Lipinski definition) is 2. The predicted molar refractivity (Wildman–Crippen MR) is 50.5 cm³/mol. The fourth-order valence-corrected chi connectivity index (χ4v) is 1.70. The van der Waals surface area contributed by atoms with Crippen LogP contribution in [0.1, 0.15) is 29.9 Å². The molecular weight excluding hydrogens is 180 g/mol. The van der Waals surface area contributed by atoms with E-state index < -0.39 is 0 Å². The average Bonchev–Trinajstić information content (AvgIpc) is 2.45. The Labute approximate surface area is 82.6 Å². The molecule has 1 aromatic heterocycles. The van der Waals surface area contributed by atoms with Gasteiger partial charge in [-0.05, 0) is 19.9 Å². The van der Waals surface area contributed by atoms with Crippen LogP contribution in [-0.4, -0.2) is 16.1 Å². The van der Waals surface area contributed by atoms with Crippen molar-refractivity contribution in [1.29, 1.82) is 0 Å². The highest BCUT2D eigenvalue weighted by Crippen LogP contribution is 2.23. The van der Waals surface area contributed by atoms with Crippen LogP contribution in [-0.2, 0) is 17.9 Å². The van der Waals surface area contributed by atoms with E-state index >= 15 is 0 Å². The van der Waals surface area contributed by atoms with Crippen LogP contribution < -0.4 is 5.73 Å². The molecule has 76 valence electrons. The fourth-order valence-electron chi connectivity index (χ4n) is 1.70. The Kier molecular flexibility index (Phi) is 1.97. The number of fused-ring (bicyclic) bond motifs is 1. The summed E-state index contributed by atoms with van der Waals surface area (Å²) in [6, 6.07) is 1.85. The van der Waals surface area contributed by atoms with Gasteiger partial charge < -0.3 is 9.30 Å². The van der Waals surface area contributed by atoms with Gasteiger partial charge in [-0.25, -0.2) is 4.79 Å². The van der Waals surface area contributed by atoms with Gasteiger partial charge in [0.2, 0.25) is 0 Å². The summed E-state index contributed by atoms with van der Waals surface area (Å²) in [5.41, 5.74) is 4.97. The molecule has 1 amide bonds. The standard InChI is InChI=1S/C10H14N2O2/c1-10(2)6-12-4-7(9(11)13)3-8(12)5-14-10/h3-4H,5-6H2,1-2H3,(H2,11,13)/p+1. The number of hydrogen-bond donors (Lipinski definition) is 1. The summed E-state index contributed by atoms with van der Waals surface area (Å²) in [5, 5.41) is 0. The number of aromatic nitrogens is 1. The minimum atomic E-state index is -0.145. The van der Waals surface area contributed by atoms with Crippen LogP contribution in [0.15, 0.2) is 12.3 Å². The molecule has 4 nitrogen and oxygen atoms in total. The summed E-state index contributed by atoms with van der Waals surface area (Å²) in [4.78, 5) is 11.1. The van der Waals surface area contributed by atoms with Gasteiger partial charge in [-0.2, -0.15) is 0 Å². The van der Waals surface area contributed by atoms with E-state index in [4.69, 9.17) is 4.74 Å². The Hall–Kier alpha value is -1.13. The Morgan fingerprint density at radius 3 is 3.00 bits per heavy atom. The van der Waals surface area contributed by atoms with E-state index in [0.717, 1.165) is 12.2 Å². The molecule has 0 saturated carbocycles. The van der Waals surface area contributed by atoms with E-state index in [-0.39, 0.29) is 11.5 Å². The largest absolute Gasteiger partial charge is 0.368 e. The van der Waals surface area contributed by atoms with E-state index in [9.17, 15) is 4.79 Å². The van der Waals surface area contributed by atoms with E-state index in [0.29, 0.717) is 12.2 Å². The maximum atomic E-state index is 11.1. The van der Waals surface area contributed by atoms with Crippen molar-refractivity contribution in [3.8, 4) is 0 Å². The molecule has 3 N–H and O–H groups in total. The Bertz CT molecular complexity index is 379. The normalized spacial score (nSPS) is 19.1. The topological polar surface area (TPSA) is 58.9 Å². The molecule has 0 aliphatic carbocycles. The van der Waals surface area contributed by atoms with Crippen molar-refractivity contribution in [3.05, 3.63) is 23.5 Å². The highest BCUT2D eigenvalue weighted by Gasteiger charge is 2.26. The lowest BCUT2D eigenvalue weighted by atomic mass is 10.1. The lowest BCUT2D eigenvalue weighted by Crippen LogP contribution is -2.56. The number of amides is 1. The first-order chi connectivity index (χ1) is 6.48. The minimum absolute atomic E-state index is 0.135. The molecule has 2 rings (SSSR count). The molecule has 0 unspecified atom stereocenters. The molecule has 1 aliphatic heterocycles. The molecule has 0 atom stereocenters. The van der Waals surface area contributed by atoms with Gasteiger partial charge >= 0.3 is 5.91 Å². The first-order valence-corrected chi connectivity index (χ1v) is 4.67. The van der Waals surface area contributed by atoms with Crippen LogP contribution in [0, 0.1) is 0 Å². The molecule has 0 bridgehead atoms. The van der Waals surface area contributed by atoms with Crippen molar-refractivity contribution in [1.82, 2.24) is 4.57 Å². The SMILES string of the molecule is CC1(C)Cn2cc(C([NH3+])=O)cc2CO1. The summed E-state index contributed by atoms with van der Waals surface area (Å²) in [7, 11) is 0. The molecule has 4 heteroatoms. The first-order valence-electron chi connectivity index (χ1n) is 4.67. The zero-order valence-electron chi connectivity index (χ0n) is 8.54. The molecule has 0 aromatic carbocycles. The molecule has 1 aliphatic rings. The molecule has 14 heavy (non-hydrogen) atoms. The first kappa shape index (κ1) is 9.43. The molecule has 0 fully saturated rings. The van der Waals surface area contributed by atoms with Gasteiger partial charge in [0.05, 0.1) is 24.3 Å². The van der Waals surface area contributed by atoms with Gasteiger partial charge in [0.1, 0.15) is 0 Å². The predicted octanol–water partition coefficient (Wildman–Crippen LogP) is 0.179. The molecule has 0 radical (unpaired) electrons. The lowest BCUT2D eigenvalue weighted by Gasteiger charge is -2.31. The zero-order chi connectivity index (χ0) is 10.3. The number of nitrogens with zero attached hydrogens (tertiary/aromatic N) is 1. The third-order valence-corrected chi connectivity index (χ3v) is 2.47. The van der Waals surface area contributed by atoms with Crippen LogP contribution in [0.25, 0.3) is 0 Å². The van der Waals surface area contributed by atoms with Crippen molar-refractivity contribution in [2.75, 3.05) is 0 Å². The number of ether oxygens (including phenoxy) is 1. The van der Waals surface area contributed by atoms with E-state index in [2.05, 4.69) is 10.3 Å². The van der Waals surface area contributed by atoms with Gasteiger partial charge in [0.25, 0.3) is 0 Å². The van der Waals surface area contributed by atoms with E-state index in [1.165, 1.54) is 0 Å². The van der Waals surface area contributed by atoms with Crippen molar-refractivity contribution in [2.45, 2.75) is 32.6 Å². The van der Waals surface area contributed by atoms with Crippen LogP contribution >= 0.6 is 0 Å². The third kappa shape index (κ3) is 1.58. The van der Waals surface area contributed by atoms with Gasteiger partial charge in [-0.1, -0.05) is 0 Å². The van der Waals surface area contributed by atoms with Crippen LogP contribution in [0.4, 0.5) is 0 Å². The Morgan fingerprint density at radius 1 is 1.64 bits per heavy atom. The number of rotatable bonds is 1. The quantitative estimate of drug-likeness (QED) is 0.695.